The van der Waals surface area contributed by atoms with Crippen LogP contribution in [-0.2, 0) is 7.05 Å². The van der Waals surface area contributed by atoms with Crippen molar-refractivity contribution in [3.63, 3.8) is 0 Å². The molecule has 0 saturated carbocycles. The average Bonchev–Trinajstić information content (AvgIpc) is 2.61. The Hall–Kier alpha value is -0.840. The fourth-order valence-electron chi connectivity index (χ4n) is 1.78. The van der Waals surface area contributed by atoms with Gasteiger partial charge in [0, 0.05) is 11.5 Å². The van der Waals surface area contributed by atoms with Gasteiger partial charge in [-0.15, -0.1) is 0 Å². The number of aliphatic hydroxyl groups is 1. The molecule has 1 N–H and O–H groups in total. The highest BCUT2D eigenvalue weighted by atomic mass is 79.9. The van der Waals surface area contributed by atoms with E-state index in [1.165, 1.54) is 6.20 Å². The largest absolute Gasteiger partial charge is 0.382 e. The third kappa shape index (κ3) is 2.39. The second-order valence-corrected chi connectivity index (χ2v) is 5.23. The highest BCUT2D eigenvalue weighted by molar-refractivity contribution is 9.10. The predicted molar refractivity (Wildman–Crippen MR) is 71.2 cm³/mol. The monoisotopic (exact) mass is 314 g/mol. The van der Waals surface area contributed by atoms with Crippen molar-refractivity contribution in [2.24, 2.45) is 7.05 Å². The second-order valence-electron chi connectivity index (χ2n) is 3.90. The standard InChI is InChI=1S/C12H12BrClN2O/c1-7-3-4-8(13)5-9(7)12(17)11-10(14)6-15-16(11)2/h3-6,12,17H,1-2H3. The van der Waals surface area contributed by atoms with Gasteiger partial charge in [0.25, 0.3) is 0 Å². The summed E-state index contributed by atoms with van der Waals surface area (Å²) >= 11 is 9.43. The molecule has 1 atom stereocenters. The highest BCUT2D eigenvalue weighted by Gasteiger charge is 2.20. The molecule has 0 saturated heterocycles. The van der Waals surface area contributed by atoms with Gasteiger partial charge in [0.2, 0.25) is 0 Å². The minimum absolute atomic E-state index is 0.472. The average molecular weight is 316 g/mol. The third-order valence-corrected chi connectivity index (χ3v) is 3.52. The van der Waals surface area contributed by atoms with E-state index in [-0.39, 0.29) is 0 Å². The smallest absolute Gasteiger partial charge is 0.122 e. The van der Waals surface area contributed by atoms with Gasteiger partial charge < -0.3 is 5.11 Å². The zero-order chi connectivity index (χ0) is 12.6. The molecule has 1 aromatic heterocycles. The molecule has 0 spiro atoms. The van der Waals surface area contributed by atoms with Crippen molar-refractivity contribution in [2.75, 3.05) is 0 Å². The molecule has 0 fully saturated rings. The van der Waals surface area contributed by atoms with Gasteiger partial charge in [-0.05, 0) is 30.2 Å². The first kappa shape index (κ1) is 12.6. The minimum Gasteiger partial charge on any atom is -0.382 e. The molecule has 0 aliphatic carbocycles. The summed E-state index contributed by atoms with van der Waals surface area (Å²) in [6.07, 6.45) is 0.764. The highest BCUT2D eigenvalue weighted by Crippen LogP contribution is 2.30. The van der Waals surface area contributed by atoms with Crippen LogP contribution in [-0.4, -0.2) is 14.9 Å². The summed E-state index contributed by atoms with van der Waals surface area (Å²) in [5.41, 5.74) is 2.44. The predicted octanol–water partition coefficient (Wildman–Crippen LogP) is 3.23. The van der Waals surface area contributed by atoms with Crippen LogP contribution in [0.25, 0.3) is 0 Å². The number of aryl methyl sites for hydroxylation is 2. The van der Waals surface area contributed by atoms with Crippen molar-refractivity contribution < 1.29 is 5.11 Å². The molecular formula is C12H12BrClN2O. The molecule has 5 heteroatoms. The van der Waals surface area contributed by atoms with Crippen LogP contribution in [0.3, 0.4) is 0 Å². The molecule has 0 amide bonds. The lowest BCUT2D eigenvalue weighted by atomic mass is 10.0. The van der Waals surface area contributed by atoms with Crippen molar-refractivity contribution in [3.8, 4) is 0 Å². The van der Waals surface area contributed by atoms with Gasteiger partial charge in [-0.25, -0.2) is 0 Å². The Morgan fingerprint density at radius 1 is 1.47 bits per heavy atom. The van der Waals surface area contributed by atoms with Crippen LogP contribution in [0, 0.1) is 6.92 Å². The Morgan fingerprint density at radius 3 is 2.76 bits per heavy atom. The van der Waals surface area contributed by atoms with Gasteiger partial charge in [0.15, 0.2) is 0 Å². The SMILES string of the molecule is Cc1ccc(Br)cc1C(O)c1c(Cl)cnn1C. The Morgan fingerprint density at radius 2 is 2.18 bits per heavy atom. The van der Waals surface area contributed by atoms with E-state index in [0.717, 1.165) is 15.6 Å². The van der Waals surface area contributed by atoms with Crippen molar-refractivity contribution >= 4 is 27.5 Å². The third-order valence-electron chi connectivity index (χ3n) is 2.73. The van der Waals surface area contributed by atoms with Crippen molar-refractivity contribution in [1.82, 2.24) is 9.78 Å². The van der Waals surface area contributed by atoms with E-state index in [1.807, 2.05) is 25.1 Å². The summed E-state index contributed by atoms with van der Waals surface area (Å²) in [5, 5.41) is 14.9. The van der Waals surface area contributed by atoms with Gasteiger partial charge in [0.05, 0.1) is 16.9 Å². The first-order valence-electron chi connectivity index (χ1n) is 5.12. The Kier molecular flexibility index (Phi) is 3.56. The van der Waals surface area contributed by atoms with E-state index in [4.69, 9.17) is 11.6 Å². The summed E-state index contributed by atoms with van der Waals surface area (Å²) < 4.78 is 2.52. The molecule has 90 valence electrons. The molecule has 1 unspecified atom stereocenters. The number of hydrogen-bond donors (Lipinski definition) is 1. The van der Waals surface area contributed by atoms with Crippen molar-refractivity contribution in [2.45, 2.75) is 13.0 Å². The molecule has 2 rings (SSSR count). The summed E-state index contributed by atoms with van der Waals surface area (Å²) in [6.45, 7) is 1.95. The van der Waals surface area contributed by atoms with Gasteiger partial charge >= 0.3 is 0 Å². The fraction of sp³-hybridized carbons (Fsp3) is 0.250. The minimum atomic E-state index is -0.771. The normalized spacial score (nSPS) is 12.8. The van der Waals surface area contributed by atoms with Gasteiger partial charge in [-0.2, -0.15) is 5.10 Å². The molecule has 17 heavy (non-hydrogen) atoms. The molecule has 0 radical (unpaired) electrons. The number of rotatable bonds is 2. The molecule has 0 aliphatic heterocycles. The summed E-state index contributed by atoms with van der Waals surface area (Å²) in [6, 6.07) is 5.78. The molecule has 0 aliphatic rings. The van der Waals surface area contributed by atoms with E-state index in [1.54, 1.807) is 11.7 Å². The first-order chi connectivity index (χ1) is 8.00. The van der Waals surface area contributed by atoms with Crippen LogP contribution in [0.4, 0.5) is 0 Å². The number of nitrogens with zero attached hydrogens (tertiary/aromatic N) is 2. The van der Waals surface area contributed by atoms with Gasteiger partial charge in [-0.3, -0.25) is 4.68 Å². The van der Waals surface area contributed by atoms with Gasteiger partial charge in [0.1, 0.15) is 6.10 Å². The Bertz CT molecular complexity index is 534. The molecule has 3 nitrogen and oxygen atoms in total. The zero-order valence-electron chi connectivity index (χ0n) is 9.48. The summed E-state index contributed by atoms with van der Waals surface area (Å²) in [7, 11) is 1.76. The zero-order valence-corrected chi connectivity index (χ0v) is 11.8. The van der Waals surface area contributed by atoms with Crippen molar-refractivity contribution in [1.29, 1.82) is 0 Å². The van der Waals surface area contributed by atoms with E-state index in [2.05, 4.69) is 21.0 Å². The van der Waals surface area contributed by atoms with E-state index < -0.39 is 6.10 Å². The lowest BCUT2D eigenvalue weighted by Crippen LogP contribution is -2.08. The van der Waals surface area contributed by atoms with Crippen LogP contribution in [0.1, 0.15) is 22.9 Å². The number of aliphatic hydroxyl groups excluding tert-OH is 1. The molecule has 1 aromatic carbocycles. The number of hydrogen-bond acceptors (Lipinski definition) is 2. The van der Waals surface area contributed by atoms with Crippen LogP contribution in [0.2, 0.25) is 5.02 Å². The topological polar surface area (TPSA) is 38.1 Å². The maximum atomic E-state index is 10.4. The maximum Gasteiger partial charge on any atom is 0.122 e. The van der Waals surface area contributed by atoms with Crippen LogP contribution in [0.5, 0.6) is 0 Å². The molecule has 0 bridgehead atoms. The van der Waals surface area contributed by atoms with Crippen LogP contribution < -0.4 is 0 Å². The summed E-state index contributed by atoms with van der Waals surface area (Å²) in [5.74, 6) is 0. The lowest BCUT2D eigenvalue weighted by Gasteiger charge is -2.15. The van der Waals surface area contributed by atoms with E-state index >= 15 is 0 Å². The quantitative estimate of drug-likeness (QED) is 0.924. The Balaban J connectivity index is 2.50. The maximum absolute atomic E-state index is 10.4. The molecular weight excluding hydrogens is 304 g/mol. The van der Waals surface area contributed by atoms with Crippen LogP contribution in [0.15, 0.2) is 28.9 Å². The number of aromatic nitrogens is 2. The van der Waals surface area contributed by atoms with E-state index in [0.29, 0.717) is 10.7 Å². The van der Waals surface area contributed by atoms with Gasteiger partial charge in [-0.1, -0.05) is 33.6 Å². The Labute approximate surface area is 113 Å². The molecule has 2 aromatic rings. The summed E-state index contributed by atoms with van der Waals surface area (Å²) in [4.78, 5) is 0. The number of halogens is 2. The van der Waals surface area contributed by atoms with Crippen molar-refractivity contribution in [3.05, 3.63) is 50.7 Å². The number of benzene rings is 1. The second kappa shape index (κ2) is 4.80. The van der Waals surface area contributed by atoms with Crippen LogP contribution >= 0.6 is 27.5 Å². The first-order valence-corrected chi connectivity index (χ1v) is 6.29. The fourth-order valence-corrected chi connectivity index (χ4v) is 2.43. The molecule has 1 heterocycles. The van der Waals surface area contributed by atoms with E-state index in [9.17, 15) is 5.11 Å². The lowest BCUT2D eigenvalue weighted by molar-refractivity contribution is 0.209.